The van der Waals surface area contributed by atoms with Crippen molar-refractivity contribution in [2.75, 3.05) is 26.8 Å². The van der Waals surface area contributed by atoms with Crippen LogP contribution in [-0.4, -0.2) is 37.6 Å². The highest BCUT2D eigenvalue weighted by atomic mass is 79.9. The van der Waals surface area contributed by atoms with Gasteiger partial charge in [0.15, 0.2) is 0 Å². The van der Waals surface area contributed by atoms with E-state index in [9.17, 15) is 4.79 Å². The van der Waals surface area contributed by atoms with Crippen molar-refractivity contribution in [1.82, 2.24) is 4.90 Å². The molecule has 4 heteroatoms. The van der Waals surface area contributed by atoms with Crippen molar-refractivity contribution in [3.05, 3.63) is 33.8 Å². The van der Waals surface area contributed by atoms with Gasteiger partial charge >= 0.3 is 0 Å². The summed E-state index contributed by atoms with van der Waals surface area (Å²) in [6, 6.07) is 5.83. The Morgan fingerprint density at radius 1 is 1.42 bits per heavy atom. The Kier molecular flexibility index (Phi) is 4.99. The zero-order chi connectivity index (χ0) is 13.8. The van der Waals surface area contributed by atoms with Gasteiger partial charge in [0.2, 0.25) is 0 Å². The Bertz CT molecular complexity index is 453. The molecule has 0 saturated carbocycles. The summed E-state index contributed by atoms with van der Waals surface area (Å²) in [6.07, 6.45) is 2.06. The van der Waals surface area contributed by atoms with E-state index >= 15 is 0 Å². The lowest BCUT2D eigenvalue weighted by atomic mass is 9.97. The number of halogens is 1. The summed E-state index contributed by atoms with van der Waals surface area (Å²) in [6.45, 7) is 4.46. The van der Waals surface area contributed by atoms with Crippen LogP contribution in [0.25, 0.3) is 0 Å². The van der Waals surface area contributed by atoms with E-state index in [1.54, 1.807) is 7.11 Å². The number of carbonyl (C=O) groups excluding carboxylic acids is 1. The average Bonchev–Trinajstić information content (AvgIpc) is 2.42. The molecule has 0 spiro atoms. The Morgan fingerprint density at radius 2 is 2.11 bits per heavy atom. The van der Waals surface area contributed by atoms with Crippen molar-refractivity contribution >= 4 is 21.8 Å². The molecule has 1 aromatic rings. The van der Waals surface area contributed by atoms with Gasteiger partial charge in [-0.3, -0.25) is 4.79 Å². The summed E-state index contributed by atoms with van der Waals surface area (Å²) in [5.41, 5.74) is 1.87. The number of hydrogen-bond acceptors (Lipinski definition) is 2. The minimum Gasteiger partial charge on any atom is -0.384 e. The monoisotopic (exact) mass is 325 g/mol. The Morgan fingerprint density at radius 3 is 2.74 bits per heavy atom. The van der Waals surface area contributed by atoms with E-state index in [0.29, 0.717) is 5.92 Å². The third-order valence-corrected chi connectivity index (χ3v) is 4.78. The first kappa shape index (κ1) is 14.5. The van der Waals surface area contributed by atoms with Crippen molar-refractivity contribution in [3.63, 3.8) is 0 Å². The first-order valence-corrected chi connectivity index (χ1v) is 7.46. The third-order valence-electron chi connectivity index (χ3n) is 3.73. The molecule has 1 aromatic carbocycles. The molecular formula is C15H20BrNO2. The highest BCUT2D eigenvalue weighted by molar-refractivity contribution is 9.10. The summed E-state index contributed by atoms with van der Waals surface area (Å²) in [7, 11) is 1.74. The molecule has 0 bridgehead atoms. The maximum Gasteiger partial charge on any atom is 0.255 e. The average molecular weight is 326 g/mol. The third kappa shape index (κ3) is 3.37. The number of piperidine rings is 1. The minimum atomic E-state index is 0.131. The molecule has 0 aromatic heterocycles. The highest BCUT2D eigenvalue weighted by Gasteiger charge is 2.24. The summed E-state index contributed by atoms with van der Waals surface area (Å²) in [5, 5.41) is 0. The molecule has 1 aliphatic heterocycles. The van der Waals surface area contributed by atoms with Crippen LogP contribution in [0.2, 0.25) is 0 Å². The number of benzene rings is 1. The van der Waals surface area contributed by atoms with E-state index in [2.05, 4.69) is 15.9 Å². The lowest BCUT2D eigenvalue weighted by Crippen LogP contribution is -2.39. The smallest absolute Gasteiger partial charge is 0.255 e. The van der Waals surface area contributed by atoms with Crippen LogP contribution in [0, 0.1) is 12.8 Å². The number of nitrogens with zero attached hydrogens (tertiary/aromatic N) is 1. The fourth-order valence-corrected chi connectivity index (χ4v) is 2.96. The topological polar surface area (TPSA) is 29.5 Å². The number of hydrogen-bond donors (Lipinski definition) is 0. The zero-order valence-electron chi connectivity index (χ0n) is 11.5. The molecule has 2 rings (SSSR count). The molecule has 0 aliphatic carbocycles. The Balaban J connectivity index is 2.03. The predicted molar refractivity (Wildman–Crippen MR) is 79.4 cm³/mol. The van der Waals surface area contributed by atoms with Crippen molar-refractivity contribution in [3.8, 4) is 0 Å². The molecular weight excluding hydrogens is 306 g/mol. The van der Waals surface area contributed by atoms with Gasteiger partial charge < -0.3 is 9.64 Å². The largest absolute Gasteiger partial charge is 0.384 e. The number of carbonyl (C=O) groups is 1. The van der Waals surface area contributed by atoms with E-state index in [0.717, 1.165) is 48.1 Å². The lowest BCUT2D eigenvalue weighted by Gasteiger charge is -2.32. The van der Waals surface area contributed by atoms with Crippen LogP contribution in [0.1, 0.15) is 28.8 Å². The van der Waals surface area contributed by atoms with Crippen LogP contribution >= 0.6 is 15.9 Å². The van der Waals surface area contributed by atoms with E-state index in [4.69, 9.17) is 4.74 Å². The van der Waals surface area contributed by atoms with Gasteiger partial charge in [-0.15, -0.1) is 0 Å². The quantitative estimate of drug-likeness (QED) is 0.853. The fourth-order valence-electron chi connectivity index (χ4n) is 2.52. The zero-order valence-corrected chi connectivity index (χ0v) is 13.1. The normalized spacial score (nSPS) is 16.7. The second-order valence-corrected chi connectivity index (χ2v) is 5.92. The summed E-state index contributed by atoms with van der Waals surface area (Å²) in [5.74, 6) is 0.724. The van der Waals surface area contributed by atoms with Crippen molar-refractivity contribution in [2.24, 2.45) is 5.92 Å². The van der Waals surface area contributed by atoms with E-state index in [1.165, 1.54) is 0 Å². The molecule has 1 fully saturated rings. The second kappa shape index (κ2) is 6.53. The fraction of sp³-hybridized carbons (Fsp3) is 0.533. The Hall–Kier alpha value is -0.870. The van der Waals surface area contributed by atoms with Gasteiger partial charge in [0, 0.05) is 31.3 Å². The standard InChI is InChI=1S/C15H20BrNO2/c1-11-4-3-5-13(14(11)16)15(18)17-8-6-12(7-9-17)10-19-2/h3-5,12H,6-10H2,1-2H3. The molecule has 3 nitrogen and oxygen atoms in total. The summed E-state index contributed by atoms with van der Waals surface area (Å²) >= 11 is 3.52. The van der Waals surface area contributed by atoms with Crippen molar-refractivity contribution < 1.29 is 9.53 Å². The molecule has 0 atom stereocenters. The van der Waals surface area contributed by atoms with Crippen LogP contribution < -0.4 is 0 Å². The first-order chi connectivity index (χ1) is 9.13. The molecule has 104 valence electrons. The SMILES string of the molecule is COCC1CCN(C(=O)c2cccc(C)c2Br)CC1. The van der Waals surface area contributed by atoms with Gasteiger partial charge in [-0.2, -0.15) is 0 Å². The molecule has 1 heterocycles. The van der Waals surface area contributed by atoms with Crippen molar-refractivity contribution in [1.29, 1.82) is 0 Å². The number of likely N-dealkylation sites (tertiary alicyclic amines) is 1. The van der Waals surface area contributed by atoms with Gasteiger partial charge in [0.25, 0.3) is 5.91 Å². The number of ether oxygens (including phenoxy) is 1. The number of methoxy groups -OCH3 is 1. The van der Waals surface area contributed by atoms with E-state index in [1.807, 2.05) is 30.0 Å². The molecule has 0 radical (unpaired) electrons. The second-order valence-electron chi connectivity index (χ2n) is 5.13. The molecule has 0 N–H and O–H groups in total. The lowest BCUT2D eigenvalue weighted by molar-refractivity contribution is 0.0612. The maximum absolute atomic E-state index is 12.5. The van der Waals surface area contributed by atoms with Gasteiger partial charge in [-0.25, -0.2) is 0 Å². The van der Waals surface area contributed by atoms with Gasteiger partial charge in [-0.05, 0) is 53.2 Å². The van der Waals surface area contributed by atoms with Gasteiger partial charge in [-0.1, -0.05) is 12.1 Å². The van der Waals surface area contributed by atoms with Crippen LogP contribution in [0.4, 0.5) is 0 Å². The van der Waals surface area contributed by atoms with Crippen LogP contribution in [0.5, 0.6) is 0 Å². The minimum absolute atomic E-state index is 0.131. The number of aryl methyl sites for hydroxylation is 1. The first-order valence-electron chi connectivity index (χ1n) is 6.66. The van der Waals surface area contributed by atoms with Crippen LogP contribution in [0.3, 0.4) is 0 Å². The molecule has 1 amide bonds. The number of rotatable bonds is 3. The van der Waals surface area contributed by atoms with Crippen molar-refractivity contribution in [2.45, 2.75) is 19.8 Å². The van der Waals surface area contributed by atoms with E-state index in [-0.39, 0.29) is 5.91 Å². The van der Waals surface area contributed by atoms with Crippen LogP contribution in [-0.2, 0) is 4.74 Å². The summed E-state index contributed by atoms with van der Waals surface area (Å²) in [4.78, 5) is 14.5. The molecule has 0 unspecified atom stereocenters. The number of amides is 1. The summed E-state index contributed by atoms with van der Waals surface area (Å²) < 4.78 is 6.10. The predicted octanol–water partition coefficient (Wildman–Crippen LogP) is 3.26. The van der Waals surface area contributed by atoms with Gasteiger partial charge in [0.1, 0.15) is 0 Å². The molecule has 19 heavy (non-hydrogen) atoms. The highest BCUT2D eigenvalue weighted by Crippen LogP contribution is 2.25. The Labute approximate surface area is 123 Å². The maximum atomic E-state index is 12.5. The van der Waals surface area contributed by atoms with Gasteiger partial charge in [0.05, 0.1) is 5.56 Å². The molecule has 1 aliphatic rings. The van der Waals surface area contributed by atoms with Crippen LogP contribution in [0.15, 0.2) is 22.7 Å². The molecule has 1 saturated heterocycles. The van der Waals surface area contributed by atoms with E-state index < -0.39 is 0 Å².